The number of benzene rings is 1. The van der Waals surface area contributed by atoms with E-state index in [0.717, 1.165) is 6.21 Å². The van der Waals surface area contributed by atoms with Gasteiger partial charge in [0.25, 0.3) is 0 Å². The summed E-state index contributed by atoms with van der Waals surface area (Å²) in [5.74, 6) is -1.50. The quantitative estimate of drug-likeness (QED) is 0.724. The number of nitrogens with one attached hydrogen (secondary N) is 1. The van der Waals surface area contributed by atoms with Crippen molar-refractivity contribution in [2.24, 2.45) is 5.92 Å². The Balaban J connectivity index is 0.000000249. The van der Waals surface area contributed by atoms with E-state index < -0.39 is 11.9 Å². The van der Waals surface area contributed by atoms with Crippen molar-refractivity contribution >= 4 is 12.2 Å². The Bertz CT molecular complexity index is 233. The Hall–Kier alpha value is -1.64. The first kappa shape index (κ1) is 12.4. The van der Waals surface area contributed by atoms with Crippen LogP contribution in [0.4, 0.5) is 0 Å². The van der Waals surface area contributed by atoms with Crippen LogP contribution in [-0.4, -0.2) is 17.3 Å². The van der Waals surface area contributed by atoms with Gasteiger partial charge in [0.2, 0.25) is 0 Å². The van der Waals surface area contributed by atoms with Gasteiger partial charge in [-0.1, -0.05) is 43.3 Å². The van der Waals surface area contributed by atoms with Crippen molar-refractivity contribution in [2.75, 3.05) is 0 Å². The largest absolute Gasteiger partial charge is 0.481 e. The molecule has 0 aliphatic heterocycles. The Kier molecular flexibility index (Phi) is 7.05. The standard InChI is InChI=1S/C6H6.C5H9NO2/c1-2-4-6-5-3-1;1-2-4(3-6)5(7)8/h1-6H;3-4,6H,2H2,1H3,(H,7,8). The maximum absolute atomic E-state index is 10.0. The fourth-order valence-electron chi connectivity index (χ4n) is 0.749. The van der Waals surface area contributed by atoms with Crippen LogP contribution >= 0.6 is 0 Å². The van der Waals surface area contributed by atoms with Gasteiger partial charge >= 0.3 is 5.97 Å². The highest BCUT2D eigenvalue weighted by atomic mass is 16.4. The number of carboxylic acid groups (broad SMARTS) is 1. The highest BCUT2D eigenvalue weighted by Gasteiger charge is 2.09. The zero-order chi connectivity index (χ0) is 10.8. The summed E-state index contributed by atoms with van der Waals surface area (Å²) in [6.07, 6.45) is 1.45. The number of rotatable bonds is 3. The molecule has 1 atom stereocenters. The average molecular weight is 193 g/mol. The van der Waals surface area contributed by atoms with E-state index in [1.165, 1.54) is 0 Å². The normalized spacial score (nSPS) is 10.6. The average Bonchev–Trinajstić information content (AvgIpc) is 2.22. The summed E-state index contributed by atoms with van der Waals surface area (Å²) in [7, 11) is 0. The summed E-state index contributed by atoms with van der Waals surface area (Å²) < 4.78 is 0. The lowest BCUT2D eigenvalue weighted by atomic mass is 10.1. The fraction of sp³-hybridized carbons (Fsp3) is 0.273. The van der Waals surface area contributed by atoms with Crippen LogP contribution in [0.15, 0.2) is 36.4 Å². The van der Waals surface area contributed by atoms with Crippen molar-refractivity contribution in [1.82, 2.24) is 0 Å². The van der Waals surface area contributed by atoms with Gasteiger partial charge in [0.15, 0.2) is 0 Å². The van der Waals surface area contributed by atoms with Crippen LogP contribution in [-0.2, 0) is 4.79 Å². The van der Waals surface area contributed by atoms with Crippen LogP contribution < -0.4 is 0 Å². The molecule has 76 valence electrons. The van der Waals surface area contributed by atoms with Crippen molar-refractivity contribution in [3.8, 4) is 0 Å². The molecule has 0 bridgehead atoms. The Labute approximate surface area is 83.9 Å². The minimum Gasteiger partial charge on any atom is -0.481 e. The van der Waals surface area contributed by atoms with Crippen LogP contribution in [0.3, 0.4) is 0 Å². The summed E-state index contributed by atoms with van der Waals surface area (Å²) in [6.45, 7) is 1.74. The molecule has 1 aromatic rings. The molecule has 0 amide bonds. The van der Waals surface area contributed by atoms with Gasteiger partial charge in [0.05, 0.1) is 5.92 Å². The van der Waals surface area contributed by atoms with Gasteiger partial charge in [0.1, 0.15) is 0 Å². The van der Waals surface area contributed by atoms with Crippen LogP contribution in [0, 0.1) is 11.3 Å². The predicted molar refractivity (Wildman–Crippen MR) is 56.6 cm³/mol. The molecule has 14 heavy (non-hydrogen) atoms. The van der Waals surface area contributed by atoms with E-state index in [1.54, 1.807) is 6.92 Å². The lowest BCUT2D eigenvalue weighted by Gasteiger charge is -1.97. The third kappa shape index (κ3) is 5.94. The van der Waals surface area contributed by atoms with E-state index in [-0.39, 0.29) is 0 Å². The van der Waals surface area contributed by atoms with Crippen molar-refractivity contribution in [3.63, 3.8) is 0 Å². The topological polar surface area (TPSA) is 61.2 Å². The SMILES string of the molecule is CCC(C=N)C(=O)O.c1ccccc1. The maximum atomic E-state index is 10.0. The van der Waals surface area contributed by atoms with Gasteiger partial charge in [-0.05, 0) is 6.42 Å². The molecule has 1 unspecified atom stereocenters. The molecular formula is C11H15NO2. The van der Waals surface area contributed by atoms with Gasteiger partial charge in [-0.3, -0.25) is 4.79 Å². The van der Waals surface area contributed by atoms with Gasteiger partial charge in [0, 0.05) is 6.21 Å². The maximum Gasteiger partial charge on any atom is 0.311 e. The highest BCUT2D eigenvalue weighted by Crippen LogP contribution is 1.96. The molecular weight excluding hydrogens is 178 g/mol. The van der Waals surface area contributed by atoms with Crippen LogP contribution in [0.2, 0.25) is 0 Å². The number of aliphatic carboxylic acids is 1. The van der Waals surface area contributed by atoms with Gasteiger partial charge in [-0.25, -0.2) is 0 Å². The minimum atomic E-state index is -0.914. The molecule has 0 fully saturated rings. The molecule has 0 radical (unpaired) electrons. The molecule has 1 rings (SSSR count). The molecule has 3 nitrogen and oxygen atoms in total. The van der Waals surface area contributed by atoms with E-state index in [9.17, 15) is 4.79 Å². The molecule has 0 saturated carbocycles. The molecule has 0 aromatic heterocycles. The van der Waals surface area contributed by atoms with Crippen molar-refractivity contribution in [2.45, 2.75) is 13.3 Å². The van der Waals surface area contributed by atoms with Crippen LogP contribution in [0.1, 0.15) is 13.3 Å². The molecule has 0 aliphatic carbocycles. The third-order valence-electron chi connectivity index (χ3n) is 1.62. The lowest BCUT2D eigenvalue weighted by Crippen LogP contribution is -2.12. The minimum absolute atomic E-state index is 0.499. The summed E-state index contributed by atoms with van der Waals surface area (Å²) in [6, 6.07) is 12.0. The predicted octanol–water partition coefficient (Wildman–Crippen LogP) is 2.43. The second-order valence-corrected chi connectivity index (χ2v) is 2.67. The Morgan fingerprint density at radius 1 is 1.29 bits per heavy atom. The number of carboxylic acids is 1. The van der Waals surface area contributed by atoms with E-state index in [4.69, 9.17) is 10.5 Å². The first-order valence-electron chi connectivity index (χ1n) is 4.45. The molecule has 0 saturated heterocycles. The second kappa shape index (κ2) is 7.98. The molecule has 1 aromatic carbocycles. The first-order chi connectivity index (χ1) is 6.72. The highest BCUT2D eigenvalue weighted by molar-refractivity contribution is 5.87. The first-order valence-corrected chi connectivity index (χ1v) is 4.45. The number of carbonyl (C=O) groups is 1. The summed E-state index contributed by atoms with van der Waals surface area (Å²) in [4.78, 5) is 10.0. The Morgan fingerprint density at radius 2 is 1.64 bits per heavy atom. The summed E-state index contributed by atoms with van der Waals surface area (Å²) in [5.41, 5.74) is 0. The Morgan fingerprint density at radius 3 is 1.71 bits per heavy atom. The second-order valence-electron chi connectivity index (χ2n) is 2.67. The lowest BCUT2D eigenvalue weighted by molar-refractivity contribution is -0.139. The van der Waals surface area contributed by atoms with Gasteiger partial charge < -0.3 is 10.5 Å². The molecule has 0 aliphatic rings. The molecule has 0 heterocycles. The molecule has 0 spiro atoms. The monoisotopic (exact) mass is 193 g/mol. The van der Waals surface area contributed by atoms with Gasteiger partial charge in [-0.15, -0.1) is 0 Å². The van der Waals surface area contributed by atoms with E-state index in [0.29, 0.717) is 6.42 Å². The van der Waals surface area contributed by atoms with Gasteiger partial charge in [-0.2, -0.15) is 0 Å². The smallest absolute Gasteiger partial charge is 0.311 e. The number of hydrogen-bond acceptors (Lipinski definition) is 2. The van der Waals surface area contributed by atoms with E-state index in [2.05, 4.69) is 0 Å². The summed E-state index contributed by atoms with van der Waals surface area (Å²) >= 11 is 0. The molecule has 2 N–H and O–H groups in total. The molecule has 3 heteroatoms. The van der Waals surface area contributed by atoms with Crippen molar-refractivity contribution in [3.05, 3.63) is 36.4 Å². The van der Waals surface area contributed by atoms with Crippen LogP contribution in [0.5, 0.6) is 0 Å². The zero-order valence-corrected chi connectivity index (χ0v) is 8.18. The van der Waals surface area contributed by atoms with Crippen molar-refractivity contribution in [1.29, 1.82) is 5.41 Å². The third-order valence-corrected chi connectivity index (χ3v) is 1.62. The number of hydrogen-bond donors (Lipinski definition) is 2. The van der Waals surface area contributed by atoms with E-state index in [1.807, 2.05) is 36.4 Å². The summed E-state index contributed by atoms with van der Waals surface area (Å²) in [5, 5.41) is 14.8. The zero-order valence-electron chi connectivity index (χ0n) is 8.18. The van der Waals surface area contributed by atoms with E-state index >= 15 is 0 Å². The fourth-order valence-corrected chi connectivity index (χ4v) is 0.749. The van der Waals surface area contributed by atoms with Crippen molar-refractivity contribution < 1.29 is 9.90 Å². The van der Waals surface area contributed by atoms with Crippen LogP contribution in [0.25, 0.3) is 0 Å².